The van der Waals surface area contributed by atoms with Crippen molar-refractivity contribution in [3.05, 3.63) is 42.4 Å². The Morgan fingerprint density at radius 2 is 1.96 bits per heavy atom. The van der Waals surface area contributed by atoms with Gasteiger partial charge in [0.05, 0.1) is 22.3 Å². The summed E-state index contributed by atoms with van der Waals surface area (Å²) in [6.07, 6.45) is -3.32. The molecular formula is C15H13F3N4OS. The van der Waals surface area contributed by atoms with E-state index in [4.69, 9.17) is 11.5 Å². The van der Waals surface area contributed by atoms with Crippen LogP contribution in [-0.2, 0) is 0 Å². The minimum atomic E-state index is -4.72. The summed E-state index contributed by atoms with van der Waals surface area (Å²) in [7, 11) is 0. The summed E-state index contributed by atoms with van der Waals surface area (Å²) in [6.45, 7) is 0.251. The number of nitrogens with zero attached hydrogens (tertiary/aromatic N) is 2. The van der Waals surface area contributed by atoms with Gasteiger partial charge in [-0.25, -0.2) is 9.97 Å². The SMILES string of the molecule is NCC(N)c1cc(-c2cc3cc(OC(F)(F)F)ccc3s2)ncn1. The van der Waals surface area contributed by atoms with Gasteiger partial charge in [0.2, 0.25) is 0 Å². The minimum absolute atomic E-state index is 0.251. The predicted molar refractivity (Wildman–Crippen MR) is 85.5 cm³/mol. The standard InChI is InChI=1S/C15H13F3N4OS/c16-15(17,18)23-9-1-2-13-8(3-9)4-14(24-13)12-5-11(10(20)6-19)21-7-22-12/h1-5,7,10H,6,19-20H2. The van der Waals surface area contributed by atoms with Crippen molar-refractivity contribution in [3.8, 4) is 16.3 Å². The van der Waals surface area contributed by atoms with Gasteiger partial charge in [-0.1, -0.05) is 0 Å². The fourth-order valence-electron chi connectivity index (χ4n) is 2.18. The van der Waals surface area contributed by atoms with Crippen LogP contribution >= 0.6 is 11.3 Å². The van der Waals surface area contributed by atoms with Crippen LogP contribution in [-0.4, -0.2) is 22.9 Å². The number of fused-ring (bicyclic) bond motifs is 1. The lowest BCUT2D eigenvalue weighted by Gasteiger charge is -2.08. The molecule has 3 aromatic rings. The molecule has 24 heavy (non-hydrogen) atoms. The third-order valence-corrected chi connectivity index (χ3v) is 4.43. The zero-order valence-electron chi connectivity index (χ0n) is 12.2. The first-order valence-corrected chi connectivity index (χ1v) is 7.74. The van der Waals surface area contributed by atoms with Crippen LogP contribution in [0.5, 0.6) is 5.75 Å². The molecule has 0 radical (unpaired) electrons. The molecule has 1 aromatic carbocycles. The molecule has 5 nitrogen and oxygen atoms in total. The number of hydrogen-bond acceptors (Lipinski definition) is 6. The number of thiophene rings is 1. The molecule has 126 valence electrons. The van der Waals surface area contributed by atoms with Crippen molar-refractivity contribution in [3.63, 3.8) is 0 Å². The number of rotatable bonds is 4. The number of alkyl halides is 3. The first kappa shape index (κ1) is 16.6. The maximum atomic E-state index is 12.3. The van der Waals surface area contributed by atoms with Crippen LogP contribution in [0.25, 0.3) is 20.7 Å². The Bertz CT molecular complexity index is 865. The summed E-state index contributed by atoms with van der Waals surface area (Å²) in [6, 6.07) is 7.30. The van der Waals surface area contributed by atoms with Gasteiger partial charge in [0.15, 0.2) is 0 Å². The molecule has 4 N–H and O–H groups in total. The summed E-state index contributed by atoms with van der Waals surface area (Å²) >= 11 is 1.41. The molecule has 0 bridgehead atoms. The predicted octanol–water partition coefficient (Wildman–Crippen LogP) is 3.22. The second-order valence-corrected chi connectivity index (χ2v) is 6.11. The Labute approximate surface area is 139 Å². The summed E-state index contributed by atoms with van der Waals surface area (Å²) < 4.78 is 41.7. The van der Waals surface area contributed by atoms with E-state index in [1.165, 1.54) is 29.8 Å². The van der Waals surface area contributed by atoms with Gasteiger partial charge in [-0.15, -0.1) is 24.5 Å². The van der Waals surface area contributed by atoms with E-state index >= 15 is 0 Å². The monoisotopic (exact) mass is 354 g/mol. The lowest BCUT2D eigenvalue weighted by molar-refractivity contribution is -0.274. The highest BCUT2D eigenvalue weighted by Gasteiger charge is 2.31. The molecule has 0 saturated carbocycles. The van der Waals surface area contributed by atoms with Crippen molar-refractivity contribution in [2.45, 2.75) is 12.4 Å². The summed E-state index contributed by atoms with van der Waals surface area (Å²) in [4.78, 5) is 9.08. The molecule has 0 amide bonds. The van der Waals surface area contributed by atoms with E-state index in [0.29, 0.717) is 16.8 Å². The van der Waals surface area contributed by atoms with Crippen LogP contribution in [0.1, 0.15) is 11.7 Å². The second-order valence-electron chi connectivity index (χ2n) is 5.03. The van der Waals surface area contributed by atoms with E-state index in [1.54, 1.807) is 18.2 Å². The van der Waals surface area contributed by atoms with E-state index in [2.05, 4.69) is 14.7 Å². The lowest BCUT2D eigenvalue weighted by Crippen LogP contribution is -2.21. The second kappa shape index (κ2) is 6.34. The van der Waals surface area contributed by atoms with Gasteiger partial charge in [0, 0.05) is 11.2 Å². The molecule has 0 aliphatic rings. The first-order valence-electron chi connectivity index (χ1n) is 6.93. The van der Waals surface area contributed by atoms with Gasteiger partial charge in [-0.3, -0.25) is 0 Å². The van der Waals surface area contributed by atoms with Crippen LogP contribution in [0.3, 0.4) is 0 Å². The third-order valence-electron chi connectivity index (χ3n) is 3.30. The van der Waals surface area contributed by atoms with Crippen LogP contribution < -0.4 is 16.2 Å². The highest BCUT2D eigenvalue weighted by atomic mass is 32.1. The van der Waals surface area contributed by atoms with Crippen molar-refractivity contribution in [1.82, 2.24) is 9.97 Å². The van der Waals surface area contributed by atoms with E-state index in [1.807, 2.05) is 0 Å². The Hall–Kier alpha value is -2.23. The quantitative estimate of drug-likeness (QED) is 0.751. The minimum Gasteiger partial charge on any atom is -0.406 e. The largest absolute Gasteiger partial charge is 0.573 e. The van der Waals surface area contributed by atoms with Gasteiger partial charge < -0.3 is 16.2 Å². The van der Waals surface area contributed by atoms with Crippen LogP contribution in [0.15, 0.2) is 36.7 Å². The molecule has 0 fully saturated rings. The average molecular weight is 354 g/mol. The summed E-state index contributed by atoms with van der Waals surface area (Å²) in [5.41, 5.74) is 12.6. The van der Waals surface area contributed by atoms with E-state index in [9.17, 15) is 13.2 Å². The molecule has 2 aromatic heterocycles. The van der Waals surface area contributed by atoms with Gasteiger partial charge in [-0.05, 0) is 35.7 Å². The van der Waals surface area contributed by atoms with E-state index in [-0.39, 0.29) is 12.3 Å². The molecule has 1 unspecified atom stereocenters. The van der Waals surface area contributed by atoms with Crippen molar-refractivity contribution >= 4 is 21.4 Å². The molecule has 0 saturated heterocycles. The molecule has 0 spiro atoms. The maximum Gasteiger partial charge on any atom is 0.573 e. The first-order chi connectivity index (χ1) is 11.4. The van der Waals surface area contributed by atoms with Crippen molar-refractivity contribution < 1.29 is 17.9 Å². The van der Waals surface area contributed by atoms with Crippen molar-refractivity contribution in [2.24, 2.45) is 11.5 Å². The van der Waals surface area contributed by atoms with Gasteiger partial charge >= 0.3 is 6.36 Å². The fourth-order valence-corrected chi connectivity index (χ4v) is 3.19. The fraction of sp³-hybridized carbons (Fsp3) is 0.200. The van der Waals surface area contributed by atoms with Crippen LogP contribution in [0, 0.1) is 0 Å². The Morgan fingerprint density at radius 1 is 1.17 bits per heavy atom. The number of aromatic nitrogens is 2. The van der Waals surface area contributed by atoms with Crippen LogP contribution in [0.4, 0.5) is 13.2 Å². The highest BCUT2D eigenvalue weighted by molar-refractivity contribution is 7.22. The summed E-state index contributed by atoms with van der Waals surface area (Å²) in [5, 5.41) is 0.639. The molecular weight excluding hydrogens is 341 g/mol. The molecule has 3 rings (SSSR count). The molecule has 0 aliphatic carbocycles. The Kier molecular flexibility index (Phi) is 4.39. The average Bonchev–Trinajstić information content (AvgIpc) is 2.96. The normalized spacial score (nSPS) is 13.2. The molecule has 2 heterocycles. The summed E-state index contributed by atoms with van der Waals surface area (Å²) in [5.74, 6) is -0.257. The highest BCUT2D eigenvalue weighted by Crippen LogP contribution is 2.35. The Balaban J connectivity index is 1.96. The maximum absolute atomic E-state index is 12.3. The van der Waals surface area contributed by atoms with Gasteiger partial charge in [-0.2, -0.15) is 0 Å². The number of hydrogen-bond donors (Lipinski definition) is 2. The van der Waals surface area contributed by atoms with Crippen molar-refractivity contribution in [1.29, 1.82) is 0 Å². The number of ether oxygens (including phenoxy) is 1. The van der Waals surface area contributed by atoms with E-state index < -0.39 is 12.4 Å². The van der Waals surface area contributed by atoms with Crippen molar-refractivity contribution in [2.75, 3.05) is 6.54 Å². The molecule has 9 heteroatoms. The van der Waals surface area contributed by atoms with Gasteiger partial charge in [0.25, 0.3) is 0 Å². The third kappa shape index (κ3) is 3.64. The smallest absolute Gasteiger partial charge is 0.406 e. The topological polar surface area (TPSA) is 87.0 Å². The lowest BCUT2D eigenvalue weighted by atomic mass is 10.1. The van der Waals surface area contributed by atoms with Gasteiger partial charge in [0.1, 0.15) is 12.1 Å². The number of nitrogens with two attached hydrogens (primary N) is 2. The van der Waals surface area contributed by atoms with E-state index in [0.717, 1.165) is 9.58 Å². The van der Waals surface area contributed by atoms with Crippen LogP contribution in [0.2, 0.25) is 0 Å². The zero-order chi connectivity index (χ0) is 17.3. The number of benzene rings is 1. The number of halogens is 3. The molecule has 0 aliphatic heterocycles. The molecule has 1 atom stereocenters. The Morgan fingerprint density at radius 3 is 2.67 bits per heavy atom. The zero-order valence-corrected chi connectivity index (χ0v) is 13.1.